The number of nitrogens with one attached hydrogen (secondary N) is 1. The van der Waals surface area contributed by atoms with E-state index in [0.29, 0.717) is 0 Å². The molecule has 1 unspecified atom stereocenters. The minimum atomic E-state index is 0.788. The molecule has 0 radical (unpaired) electrons. The summed E-state index contributed by atoms with van der Waals surface area (Å²) in [4.78, 5) is 2.59. The van der Waals surface area contributed by atoms with Gasteiger partial charge in [-0.05, 0) is 38.6 Å². The summed E-state index contributed by atoms with van der Waals surface area (Å²) in [5.74, 6) is 0.788. The Hall–Kier alpha value is -0.340. The Bertz CT molecular complexity index is 231. The van der Waals surface area contributed by atoms with Gasteiger partial charge >= 0.3 is 0 Å². The monoisotopic (exact) mass is 208 g/mol. The van der Waals surface area contributed by atoms with Gasteiger partial charge in [0.25, 0.3) is 0 Å². The van der Waals surface area contributed by atoms with Crippen LogP contribution in [0, 0.1) is 5.92 Å². The van der Waals surface area contributed by atoms with Gasteiger partial charge in [0, 0.05) is 25.7 Å². The summed E-state index contributed by atoms with van der Waals surface area (Å²) in [5, 5.41) is 3.62. The second-order valence-electron chi connectivity index (χ2n) is 5.36. The van der Waals surface area contributed by atoms with Crippen molar-refractivity contribution in [2.24, 2.45) is 5.92 Å². The van der Waals surface area contributed by atoms with Crippen LogP contribution in [0.2, 0.25) is 0 Å². The molecule has 0 aromatic rings. The maximum atomic E-state index is 3.62. The number of hydrogen-bond acceptors (Lipinski definition) is 2. The molecule has 0 spiro atoms. The van der Waals surface area contributed by atoms with Gasteiger partial charge in [0.05, 0.1) is 0 Å². The molecule has 1 saturated carbocycles. The van der Waals surface area contributed by atoms with Crippen molar-refractivity contribution in [2.45, 2.75) is 39.2 Å². The first-order chi connectivity index (χ1) is 7.24. The van der Waals surface area contributed by atoms with Crippen LogP contribution in [-0.2, 0) is 0 Å². The van der Waals surface area contributed by atoms with Crippen LogP contribution in [0.15, 0.2) is 11.6 Å². The molecule has 2 aliphatic rings. The molecule has 15 heavy (non-hydrogen) atoms. The molecule has 1 heterocycles. The van der Waals surface area contributed by atoms with Gasteiger partial charge in [-0.15, -0.1) is 0 Å². The van der Waals surface area contributed by atoms with Crippen LogP contribution in [0.1, 0.15) is 33.1 Å². The largest absolute Gasteiger partial charge is 0.314 e. The Labute approximate surface area is 93.7 Å². The lowest BCUT2D eigenvalue weighted by molar-refractivity contribution is 0.247. The van der Waals surface area contributed by atoms with Crippen molar-refractivity contribution in [3.63, 3.8) is 0 Å². The lowest BCUT2D eigenvalue weighted by Gasteiger charge is -2.28. The van der Waals surface area contributed by atoms with Crippen LogP contribution in [0.25, 0.3) is 0 Å². The van der Waals surface area contributed by atoms with Crippen LogP contribution in [0.4, 0.5) is 0 Å². The van der Waals surface area contributed by atoms with Crippen molar-refractivity contribution < 1.29 is 0 Å². The summed E-state index contributed by atoms with van der Waals surface area (Å²) in [7, 11) is 0. The van der Waals surface area contributed by atoms with Crippen molar-refractivity contribution in [3.05, 3.63) is 11.6 Å². The minimum Gasteiger partial charge on any atom is -0.314 e. The zero-order chi connectivity index (χ0) is 10.7. The molecular formula is C13H24N2. The Morgan fingerprint density at radius 2 is 2.33 bits per heavy atom. The van der Waals surface area contributed by atoms with Crippen LogP contribution in [0.5, 0.6) is 0 Å². The normalized spacial score (nSPS) is 25.1. The summed E-state index contributed by atoms with van der Waals surface area (Å²) in [5.41, 5.74) is 1.55. The molecule has 0 bridgehead atoms. The Morgan fingerprint density at radius 1 is 1.53 bits per heavy atom. The fraction of sp³-hybridized carbons (Fsp3) is 0.846. The highest BCUT2D eigenvalue weighted by Gasteiger charge is 2.21. The van der Waals surface area contributed by atoms with Crippen LogP contribution < -0.4 is 5.32 Å². The van der Waals surface area contributed by atoms with E-state index in [2.05, 4.69) is 30.1 Å². The molecule has 0 saturated heterocycles. The fourth-order valence-electron chi connectivity index (χ4n) is 2.31. The summed E-state index contributed by atoms with van der Waals surface area (Å²) in [6, 6.07) is 0.857. The molecule has 1 aliphatic heterocycles. The maximum Gasteiger partial charge on any atom is 0.0190 e. The van der Waals surface area contributed by atoms with Crippen molar-refractivity contribution >= 4 is 0 Å². The lowest BCUT2D eigenvalue weighted by atomic mass is 10.1. The fourth-order valence-corrected chi connectivity index (χ4v) is 2.31. The second kappa shape index (κ2) is 5.13. The molecule has 2 rings (SSSR count). The van der Waals surface area contributed by atoms with Gasteiger partial charge < -0.3 is 5.32 Å². The van der Waals surface area contributed by atoms with Gasteiger partial charge in [0.1, 0.15) is 0 Å². The average molecular weight is 208 g/mol. The molecule has 2 nitrogen and oxygen atoms in total. The van der Waals surface area contributed by atoms with E-state index in [1.807, 2.05) is 0 Å². The summed E-state index contributed by atoms with van der Waals surface area (Å²) in [6.45, 7) is 9.51. The van der Waals surface area contributed by atoms with E-state index in [1.54, 1.807) is 5.57 Å². The van der Waals surface area contributed by atoms with Gasteiger partial charge in [-0.1, -0.05) is 18.6 Å². The van der Waals surface area contributed by atoms with Gasteiger partial charge in [0.2, 0.25) is 0 Å². The second-order valence-corrected chi connectivity index (χ2v) is 5.36. The molecule has 86 valence electrons. The molecule has 0 aromatic carbocycles. The van der Waals surface area contributed by atoms with Crippen molar-refractivity contribution in [1.82, 2.24) is 10.2 Å². The molecule has 0 aromatic heterocycles. The van der Waals surface area contributed by atoms with E-state index in [0.717, 1.165) is 12.0 Å². The third-order valence-corrected chi connectivity index (χ3v) is 3.31. The number of hydrogen-bond donors (Lipinski definition) is 1. The molecule has 2 heteroatoms. The molecule has 0 amide bonds. The molecule has 1 atom stereocenters. The lowest BCUT2D eigenvalue weighted by Crippen LogP contribution is -2.36. The molecule has 1 aliphatic carbocycles. The van der Waals surface area contributed by atoms with E-state index >= 15 is 0 Å². The third kappa shape index (κ3) is 3.96. The van der Waals surface area contributed by atoms with Crippen LogP contribution in [0.3, 0.4) is 0 Å². The minimum absolute atomic E-state index is 0.788. The maximum absolute atomic E-state index is 3.62. The van der Waals surface area contributed by atoms with Crippen molar-refractivity contribution in [1.29, 1.82) is 0 Å². The standard InChI is InChI=1S/C13H24N2/c1-11-4-3-7-15(9-11)10-12(2)8-14-13-5-6-13/h4,12-14H,3,5-10H2,1-2H3. The van der Waals surface area contributed by atoms with E-state index in [4.69, 9.17) is 0 Å². The van der Waals surface area contributed by atoms with Gasteiger partial charge in [-0.3, -0.25) is 4.90 Å². The number of rotatable bonds is 5. The summed E-state index contributed by atoms with van der Waals surface area (Å²) in [6.07, 6.45) is 6.43. The molecular weight excluding hydrogens is 184 g/mol. The highest BCUT2D eigenvalue weighted by atomic mass is 15.1. The molecule has 1 N–H and O–H groups in total. The van der Waals surface area contributed by atoms with Gasteiger partial charge in [-0.2, -0.15) is 0 Å². The van der Waals surface area contributed by atoms with Crippen LogP contribution in [-0.4, -0.2) is 37.1 Å². The number of nitrogens with zero attached hydrogens (tertiary/aromatic N) is 1. The predicted molar refractivity (Wildman–Crippen MR) is 65.0 cm³/mol. The summed E-state index contributed by atoms with van der Waals surface area (Å²) < 4.78 is 0. The smallest absolute Gasteiger partial charge is 0.0190 e. The quantitative estimate of drug-likeness (QED) is 0.695. The Balaban J connectivity index is 1.64. The Morgan fingerprint density at radius 3 is 3.00 bits per heavy atom. The van der Waals surface area contributed by atoms with Gasteiger partial charge in [0.15, 0.2) is 0 Å². The van der Waals surface area contributed by atoms with E-state index in [9.17, 15) is 0 Å². The highest BCUT2D eigenvalue weighted by Crippen LogP contribution is 2.19. The third-order valence-electron chi connectivity index (χ3n) is 3.31. The van der Waals surface area contributed by atoms with Gasteiger partial charge in [-0.25, -0.2) is 0 Å². The van der Waals surface area contributed by atoms with E-state index in [-0.39, 0.29) is 0 Å². The predicted octanol–water partition coefficient (Wildman–Crippen LogP) is 2.03. The zero-order valence-electron chi connectivity index (χ0n) is 10.1. The highest BCUT2D eigenvalue weighted by molar-refractivity contribution is 5.04. The summed E-state index contributed by atoms with van der Waals surface area (Å²) >= 11 is 0. The topological polar surface area (TPSA) is 15.3 Å². The van der Waals surface area contributed by atoms with E-state index in [1.165, 1.54) is 45.4 Å². The SMILES string of the molecule is CC1=CCCN(CC(C)CNC2CC2)C1. The zero-order valence-corrected chi connectivity index (χ0v) is 10.1. The first-order valence-electron chi connectivity index (χ1n) is 6.35. The van der Waals surface area contributed by atoms with Crippen molar-refractivity contribution in [2.75, 3.05) is 26.2 Å². The van der Waals surface area contributed by atoms with Crippen molar-refractivity contribution in [3.8, 4) is 0 Å². The first-order valence-corrected chi connectivity index (χ1v) is 6.35. The van der Waals surface area contributed by atoms with E-state index < -0.39 is 0 Å². The average Bonchev–Trinajstić information content (AvgIpc) is 2.98. The Kier molecular flexibility index (Phi) is 3.81. The first kappa shape index (κ1) is 11.2. The molecule has 1 fully saturated rings. The van der Waals surface area contributed by atoms with Crippen LogP contribution >= 0.6 is 0 Å².